The van der Waals surface area contributed by atoms with Crippen LogP contribution in [0.1, 0.15) is 61.1 Å². The summed E-state index contributed by atoms with van der Waals surface area (Å²) in [5.74, 6) is 0.503. The zero-order valence-corrected chi connectivity index (χ0v) is 40.0. The normalized spacial score (nSPS) is 14.3. The maximum atomic E-state index is 2.54. The zero-order valence-electron chi connectivity index (χ0n) is 40.0. The average Bonchev–Trinajstić information content (AvgIpc) is 3.87. The molecule has 0 amide bonds. The van der Waals surface area contributed by atoms with E-state index in [9.17, 15) is 0 Å². The van der Waals surface area contributed by atoms with E-state index in [-0.39, 0.29) is 5.41 Å². The molecule has 10 aromatic rings. The molecular formula is C68H55N. The van der Waals surface area contributed by atoms with Crippen LogP contribution in [0.3, 0.4) is 0 Å². The van der Waals surface area contributed by atoms with E-state index in [1.165, 1.54) is 100 Å². The molecule has 12 rings (SSSR count). The first-order chi connectivity index (χ1) is 33.7. The number of fused-ring (bicyclic) bond motifs is 10. The van der Waals surface area contributed by atoms with Crippen LogP contribution < -0.4 is 4.90 Å². The van der Waals surface area contributed by atoms with Gasteiger partial charge in [0, 0.05) is 16.8 Å². The van der Waals surface area contributed by atoms with Crippen LogP contribution in [-0.4, -0.2) is 0 Å². The van der Waals surface area contributed by atoms with Gasteiger partial charge in [-0.2, -0.15) is 0 Å². The van der Waals surface area contributed by atoms with Crippen molar-refractivity contribution in [2.45, 2.75) is 45.4 Å². The molecule has 1 atom stereocenters. The Bertz CT molecular complexity index is 3550. The minimum Gasteiger partial charge on any atom is -0.309 e. The maximum Gasteiger partial charge on any atom is 0.0726 e. The van der Waals surface area contributed by atoms with Crippen LogP contribution in [-0.2, 0) is 10.8 Å². The van der Waals surface area contributed by atoms with Crippen LogP contribution in [0.4, 0.5) is 17.1 Å². The molecule has 69 heavy (non-hydrogen) atoms. The smallest absolute Gasteiger partial charge is 0.0726 e. The summed E-state index contributed by atoms with van der Waals surface area (Å²) in [6.45, 7) is 11.7. The van der Waals surface area contributed by atoms with Crippen LogP contribution in [0, 0.1) is 12.8 Å². The summed E-state index contributed by atoms with van der Waals surface area (Å²) in [4.78, 5) is 2.54. The molecule has 0 bridgehead atoms. The van der Waals surface area contributed by atoms with Gasteiger partial charge in [0.2, 0.25) is 0 Å². The molecule has 1 unspecified atom stereocenters. The first-order valence-corrected chi connectivity index (χ1v) is 24.5. The van der Waals surface area contributed by atoms with Gasteiger partial charge >= 0.3 is 0 Å². The topological polar surface area (TPSA) is 3.24 Å². The van der Waals surface area contributed by atoms with E-state index in [0.717, 1.165) is 17.1 Å². The molecule has 0 heterocycles. The van der Waals surface area contributed by atoms with Crippen molar-refractivity contribution in [2.24, 2.45) is 5.92 Å². The second kappa shape index (κ2) is 16.7. The van der Waals surface area contributed by atoms with Gasteiger partial charge in [0.25, 0.3) is 0 Å². The van der Waals surface area contributed by atoms with Gasteiger partial charge in [0.1, 0.15) is 0 Å². The molecular weight excluding hydrogens is 831 g/mol. The van der Waals surface area contributed by atoms with Crippen LogP contribution in [0.2, 0.25) is 0 Å². The number of rotatable bonds is 9. The third kappa shape index (κ3) is 6.74. The Hall–Kier alpha value is -8.00. The monoisotopic (exact) mass is 885 g/mol. The number of hydrogen-bond donors (Lipinski definition) is 0. The number of aryl methyl sites for hydroxylation is 1. The molecule has 0 radical (unpaired) electrons. The Kier molecular flexibility index (Phi) is 10.2. The molecule has 1 heteroatoms. The molecule has 1 spiro atoms. The third-order valence-electron chi connectivity index (χ3n) is 15.7. The summed E-state index contributed by atoms with van der Waals surface area (Å²) in [5, 5.41) is 0. The summed E-state index contributed by atoms with van der Waals surface area (Å²) in [6.07, 6.45) is 0. The van der Waals surface area contributed by atoms with Crippen molar-refractivity contribution in [3.63, 3.8) is 0 Å². The van der Waals surface area contributed by atoms with Gasteiger partial charge in [-0.3, -0.25) is 0 Å². The lowest BCUT2D eigenvalue weighted by Gasteiger charge is -2.33. The molecule has 10 aromatic carbocycles. The molecule has 0 fully saturated rings. The second-order valence-corrected chi connectivity index (χ2v) is 19.9. The average molecular weight is 886 g/mol. The Morgan fingerprint density at radius 1 is 0.362 bits per heavy atom. The lowest BCUT2D eigenvalue weighted by molar-refractivity contribution is 0.370. The summed E-state index contributed by atoms with van der Waals surface area (Å²) in [6, 6.07) is 88.5. The lowest BCUT2D eigenvalue weighted by atomic mass is 9.70. The molecule has 1 nitrogen and oxygen atoms in total. The first-order valence-electron chi connectivity index (χ1n) is 24.5. The quantitative estimate of drug-likeness (QED) is 0.140. The predicted octanol–water partition coefficient (Wildman–Crippen LogP) is 18.4. The van der Waals surface area contributed by atoms with Crippen LogP contribution in [0.15, 0.2) is 237 Å². The second-order valence-electron chi connectivity index (χ2n) is 19.9. The minimum atomic E-state index is -0.527. The third-order valence-corrected chi connectivity index (χ3v) is 15.7. The molecule has 0 aromatic heterocycles. The van der Waals surface area contributed by atoms with Crippen molar-refractivity contribution >= 4 is 17.1 Å². The zero-order chi connectivity index (χ0) is 46.9. The summed E-state index contributed by atoms with van der Waals surface area (Å²) < 4.78 is 0. The largest absolute Gasteiger partial charge is 0.309 e. The number of anilines is 3. The van der Waals surface area contributed by atoms with Gasteiger partial charge < -0.3 is 4.90 Å². The fourth-order valence-electron chi connectivity index (χ4n) is 11.6. The molecule has 2 aliphatic rings. The van der Waals surface area contributed by atoms with E-state index in [0.29, 0.717) is 5.92 Å². The van der Waals surface area contributed by atoms with E-state index >= 15 is 0 Å². The van der Waals surface area contributed by atoms with Crippen molar-refractivity contribution in [1.29, 1.82) is 0 Å². The number of benzene rings is 10. The maximum absolute atomic E-state index is 2.54. The Morgan fingerprint density at radius 2 is 0.855 bits per heavy atom. The van der Waals surface area contributed by atoms with Gasteiger partial charge in [0.05, 0.1) is 16.8 Å². The fraction of sp³-hybridized carbons (Fsp3) is 0.118. The van der Waals surface area contributed by atoms with Crippen molar-refractivity contribution in [2.75, 3.05) is 4.90 Å². The Morgan fingerprint density at radius 3 is 1.52 bits per heavy atom. The minimum absolute atomic E-state index is 0.0430. The molecule has 2 aliphatic carbocycles. The highest BCUT2D eigenvalue weighted by atomic mass is 15.1. The SMILES string of the molecule is Cc1ccc(-c2ccc(N(c3ccc(-c4ccccc4)cc3-c3ccccc3)c3cccc4c3-c3ccccc3C43c4ccccc4-c4ccc(-c5ccccc5)cc43)cc2)cc1C(C)(C)C(C)C. The molecule has 0 aliphatic heterocycles. The highest BCUT2D eigenvalue weighted by Crippen LogP contribution is 2.65. The number of hydrogen-bond acceptors (Lipinski definition) is 1. The highest BCUT2D eigenvalue weighted by Gasteiger charge is 2.52. The van der Waals surface area contributed by atoms with Gasteiger partial charge in [-0.15, -0.1) is 0 Å². The standard InChI is InChI=1S/C68H55N/c1-45(2)67(4,5)62-43-52(33-32-46(62)3)49-34-38-54(39-35-49)69(64-41-37-51(47-20-9-6-10-21-47)42-58(64)50-24-13-8-14-25-50)65-31-19-30-61-66(65)57-27-16-18-29-60(57)68(61)59-28-17-15-26-55(59)56-40-36-53(44-63(56)68)48-22-11-7-12-23-48/h6-45H,1-5H3. The highest BCUT2D eigenvalue weighted by molar-refractivity contribution is 6.03. The van der Waals surface area contributed by atoms with Crippen molar-refractivity contribution in [3.8, 4) is 66.8 Å². The van der Waals surface area contributed by atoms with Crippen LogP contribution >= 0.6 is 0 Å². The summed E-state index contributed by atoms with van der Waals surface area (Å²) in [7, 11) is 0. The van der Waals surface area contributed by atoms with Gasteiger partial charge in [-0.25, -0.2) is 0 Å². The van der Waals surface area contributed by atoms with E-state index in [1.54, 1.807) is 0 Å². The van der Waals surface area contributed by atoms with E-state index in [1.807, 2.05) is 0 Å². The van der Waals surface area contributed by atoms with Crippen LogP contribution in [0.5, 0.6) is 0 Å². The molecule has 0 saturated heterocycles. The van der Waals surface area contributed by atoms with E-state index in [2.05, 4.69) is 276 Å². The predicted molar refractivity (Wildman–Crippen MR) is 292 cm³/mol. The summed E-state index contributed by atoms with van der Waals surface area (Å²) in [5.41, 5.74) is 25.7. The van der Waals surface area contributed by atoms with Gasteiger partial charge in [-0.1, -0.05) is 228 Å². The summed E-state index contributed by atoms with van der Waals surface area (Å²) >= 11 is 0. The molecule has 332 valence electrons. The van der Waals surface area contributed by atoms with Crippen molar-refractivity contribution < 1.29 is 0 Å². The Balaban J connectivity index is 1.12. The fourth-order valence-corrected chi connectivity index (χ4v) is 11.6. The van der Waals surface area contributed by atoms with Gasteiger partial charge in [0.15, 0.2) is 0 Å². The lowest BCUT2D eigenvalue weighted by Crippen LogP contribution is -2.26. The molecule has 0 saturated carbocycles. The van der Waals surface area contributed by atoms with Crippen molar-refractivity contribution in [3.05, 3.63) is 270 Å². The van der Waals surface area contributed by atoms with Crippen molar-refractivity contribution in [1.82, 2.24) is 0 Å². The Labute approximate surface area is 408 Å². The van der Waals surface area contributed by atoms with E-state index in [4.69, 9.17) is 0 Å². The van der Waals surface area contributed by atoms with E-state index < -0.39 is 5.41 Å². The molecule has 0 N–H and O–H groups in total. The number of nitrogens with zero attached hydrogens (tertiary/aromatic N) is 1. The van der Waals surface area contributed by atoms with Crippen LogP contribution in [0.25, 0.3) is 66.8 Å². The first kappa shape index (κ1) is 42.4. The van der Waals surface area contributed by atoms with Gasteiger partial charge in [-0.05, 0) is 144 Å².